The number of benzene rings is 2. The summed E-state index contributed by atoms with van der Waals surface area (Å²) in [6.45, 7) is -0.677. The molecule has 0 radical (unpaired) electrons. The van der Waals surface area contributed by atoms with E-state index in [1.165, 1.54) is 24.1 Å². The molecule has 1 aliphatic heterocycles. The number of halogens is 7. The highest BCUT2D eigenvalue weighted by atomic mass is 35.5. The van der Waals surface area contributed by atoms with Crippen LogP contribution in [0.5, 0.6) is 0 Å². The summed E-state index contributed by atoms with van der Waals surface area (Å²) in [4.78, 5) is 0. The van der Waals surface area contributed by atoms with Gasteiger partial charge >= 0.3 is 6.18 Å². The number of rotatable bonds is 6. The van der Waals surface area contributed by atoms with Gasteiger partial charge in [0.1, 0.15) is 48.3 Å². The van der Waals surface area contributed by atoms with Crippen LogP contribution in [-0.4, -0.2) is 72.0 Å². The molecule has 0 bridgehead atoms. The van der Waals surface area contributed by atoms with Crippen LogP contribution in [-0.2, 0) is 15.7 Å². The van der Waals surface area contributed by atoms with Gasteiger partial charge in [-0.05, 0) is 30.3 Å². The first kappa shape index (κ1) is 29.6. The number of ether oxygens (including phenoxy) is 2. The molecule has 4 aromatic rings. The van der Waals surface area contributed by atoms with Crippen molar-refractivity contribution in [3.63, 3.8) is 0 Å². The fraction of sp³-hybridized carbons (Fsp3) is 0.333. The van der Waals surface area contributed by atoms with E-state index < -0.39 is 54.6 Å². The maximum Gasteiger partial charge on any atom is 0.418 e. The summed E-state index contributed by atoms with van der Waals surface area (Å²) in [6.07, 6.45) is -7.44. The van der Waals surface area contributed by atoms with Crippen LogP contribution in [0.3, 0.4) is 0 Å². The second-order valence-corrected chi connectivity index (χ2v) is 10.2. The molecule has 2 aromatic carbocycles. The molecule has 1 fully saturated rings. The lowest BCUT2D eigenvalue weighted by Crippen LogP contribution is -2.53. The number of methoxy groups -OCH3 is 1. The van der Waals surface area contributed by atoms with Crippen LogP contribution in [0, 0.1) is 5.82 Å². The summed E-state index contributed by atoms with van der Waals surface area (Å²) in [6, 6.07) is 4.38. The van der Waals surface area contributed by atoms with Crippen LogP contribution in [0.15, 0.2) is 42.9 Å². The molecule has 2 aromatic heterocycles. The highest BCUT2D eigenvalue weighted by Gasteiger charge is 2.49. The molecule has 1 saturated heterocycles. The molecule has 5 rings (SSSR count). The van der Waals surface area contributed by atoms with Crippen molar-refractivity contribution in [2.24, 2.45) is 0 Å². The van der Waals surface area contributed by atoms with Crippen molar-refractivity contribution in [1.82, 2.24) is 29.8 Å². The molecular weight excluding hydrogens is 619 g/mol. The minimum absolute atomic E-state index is 0.0240. The Kier molecular flexibility index (Phi) is 8.27. The van der Waals surface area contributed by atoms with Crippen molar-refractivity contribution in [2.75, 3.05) is 13.7 Å². The van der Waals surface area contributed by atoms with E-state index in [0.29, 0.717) is 0 Å². The fourth-order valence-electron chi connectivity index (χ4n) is 4.69. The van der Waals surface area contributed by atoms with Gasteiger partial charge in [0.25, 0.3) is 0 Å². The summed E-state index contributed by atoms with van der Waals surface area (Å²) in [7, 11) is 1.29. The lowest BCUT2D eigenvalue weighted by atomic mass is 9.91. The van der Waals surface area contributed by atoms with Crippen LogP contribution in [0.4, 0.5) is 17.6 Å². The van der Waals surface area contributed by atoms with Gasteiger partial charge in [0.05, 0.1) is 34.1 Å². The van der Waals surface area contributed by atoms with Crippen molar-refractivity contribution in [3.05, 3.63) is 75.1 Å². The van der Waals surface area contributed by atoms with E-state index in [-0.39, 0.29) is 37.8 Å². The molecule has 1 aliphatic rings. The van der Waals surface area contributed by atoms with Crippen LogP contribution >= 0.6 is 34.8 Å². The van der Waals surface area contributed by atoms with Crippen LogP contribution < -0.4 is 0 Å². The van der Waals surface area contributed by atoms with Crippen molar-refractivity contribution in [1.29, 1.82) is 0 Å². The highest BCUT2D eigenvalue weighted by molar-refractivity contribution is 6.42. The van der Waals surface area contributed by atoms with E-state index in [4.69, 9.17) is 44.3 Å². The molecule has 2 N–H and O–H groups in total. The quantitative estimate of drug-likeness (QED) is 0.231. The summed E-state index contributed by atoms with van der Waals surface area (Å²) in [5, 5.41) is 36.7. The van der Waals surface area contributed by atoms with Gasteiger partial charge in [-0.25, -0.2) is 9.07 Å². The van der Waals surface area contributed by atoms with Gasteiger partial charge in [0.15, 0.2) is 5.82 Å². The van der Waals surface area contributed by atoms with E-state index >= 15 is 0 Å². The Morgan fingerprint density at radius 3 is 2.54 bits per heavy atom. The standard InChI is InChI=1S/C24H19Cl3F4N6O4/c1-40-21-19(37-7-15(33-35-37)10-4-13(26)18(27)14(28)5-10)20(39)17(8-38)41-22(21)23-34-32-9-36(23)16-6-11(25)2-3-12(16)24(29,30)31/h2-7,9,17,19-22,38-39H,8H2,1H3/t17-,19+,20+,21-,22-/m1/s1. The van der Waals surface area contributed by atoms with Crippen molar-refractivity contribution < 1.29 is 37.2 Å². The Hall–Kier alpha value is -2.85. The SMILES string of the molecule is CO[C@@H]1[C@@H](n2cc(-c3cc(F)c(Cl)c(Cl)c3)nn2)[C@@H](O)[C@@H](CO)O[C@H]1c1nncn1-c1cc(Cl)ccc1C(F)(F)F. The van der Waals surface area contributed by atoms with Gasteiger partial charge in [0.2, 0.25) is 0 Å². The number of hydrogen-bond donors (Lipinski definition) is 2. The lowest BCUT2D eigenvalue weighted by Gasteiger charge is -2.43. The second kappa shape index (κ2) is 11.4. The molecule has 0 saturated carbocycles. The maximum absolute atomic E-state index is 14.2. The average Bonchev–Trinajstić information content (AvgIpc) is 3.61. The van der Waals surface area contributed by atoms with Crippen LogP contribution in [0.1, 0.15) is 23.5 Å². The third-order valence-electron chi connectivity index (χ3n) is 6.59. The van der Waals surface area contributed by atoms with Gasteiger partial charge in [0, 0.05) is 17.7 Å². The average molecular weight is 638 g/mol. The Morgan fingerprint density at radius 2 is 1.88 bits per heavy atom. The molecule has 0 amide bonds. The molecule has 218 valence electrons. The Balaban J connectivity index is 1.58. The minimum atomic E-state index is -4.75. The molecule has 17 heteroatoms. The summed E-state index contributed by atoms with van der Waals surface area (Å²) >= 11 is 17.8. The molecule has 0 spiro atoms. The van der Waals surface area contributed by atoms with Crippen molar-refractivity contribution in [3.8, 4) is 16.9 Å². The molecule has 10 nitrogen and oxygen atoms in total. The summed E-state index contributed by atoms with van der Waals surface area (Å²) in [5.74, 6) is -0.921. The topological polar surface area (TPSA) is 120 Å². The number of aliphatic hydroxyl groups is 2. The van der Waals surface area contributed by atoms with E-state index in [9.17, 15) is 27.8 Å². The zero-order chi connectivity index (χ0) is 29.6. The number of nitrogens with zero attached hydrogens (tertiary/aromatic N) is 6. The van der Waals surface area contributed by atoms with E-state index in [2.05, 4.69) is 20.5 Å². The smallest absolute Gasteiger partial charge is 0.394 e. The van der Waals surface area contributed by atoms with E-state index in [1.807, 2.05) is 0 Å². The van der Waals surface area contributed by atoms with Crippen molar-refractivity contribution in [2.45, 2.75) is 36.6 Å². The second-order valence-electron chi connectivity index (χ2n) is 9.02. The molecule has 41 heavy (non-hydrogen) atoms. The largest absolute Gasteiger partial charge is 0.418 e. The van der Waals surface area contributed by atoms with Gasteiger partial charge in [-0.3, -0.25) is 4.57 Å². The predicted octanol–water partition coefficient (Wildman–Crippen LogP) is 4.69. The first-order chi connectivity index (χ1) is 19.4. The molecule has 3 heterocycles. The summed E-state index contributed by atoms with van der Waals surface area (Å²) in [5.41, 5.74) is -1.01. The minimum Gasteiger partial charge on any atom is -0.394 e. The van der Waals surface area contributed by atoms with Crippen molar-refractivity contribution >= 4 is 34.8 Å². The Labute approximate surface area is 244 Å². The number of hydrogen-bond acceptors (Lipinski definition) is 8. The fourth-order valence-corrected chi connectivity index (χ4v) is 5.18. The number of aliphatic hydroxyl groups excluding tert-OH is 2. The molecule has 0 aliphatic carbocycles. The van der Waals surface area contributed by atoms with Crippen LogP contribution in [0.25, 0.3) is 16.9 Å². The normalized spacial score (nSPS) is 23.2. The van der Waals surface area contributed by atoms with Gasteiger partial charge in [-0.1, -0.05) is 40.0 Å². The molecule has 0 unspecified atom stereocenters. The third-order valence-corrected chi connectivity index (χ3v) is 7.60. The zero-order valence-corrected chi connectivity index (χ0v) is 22.9. The van der Waals surface area contributed by atoms with Gasteiger partial charge < -0.3 is 19.7 Å². The number of alkyl halides is 3. The highest BCUT2D eigenvalue weighted by Crippen LogP contribution is 2.42. The Morgan fingerprint density at radius 1 is 1.12 bits per heavy atom. The van der Waals surface area contributed by atoms with E-state index in [1.54, 1.807) is 0 Å². The number of aromatic nitrogens is 6. The summed E-state index contributed by atoms with van der Waals surface area (Å²) < 4.78 is 69.6. The molecule has 5 atom stereocenters. The van der Waals surface area contributed by atoms with Gasteiger partial charge in [-0.15, -0.1) is 15.3 Å². The predicted molar refractivity (Wildman–Crippen MR) is 137 cm³/mol. The zero-order valence-electron chi connectivity index (χ0n) is 20.7. The first-order valence-electron chi connectivity index (χ1n) is 11.8. The molecular formula is C24H19Cl3F4N6O4. The van der Waals surface area contributed by atoms with Crippen LogP contribution in [0.2, 0.25) is 15.1 Å². The lowest BCUT2D eigenvalue weighted by molar-refractivity contribution is -0.217. The van der Waals surface area contributed by atoms with Gasteiger partial charge in [-0.2, -0.15) is 13.2 Å². The monoisotopic (exact) mass is 636 g/mol. The maximum atomic E-state index is 14.2. The first-order valence-corrected chi connectivity index (χ1v) is 12.9. The third kappa shape index (κ3) is 5.52. The van der Waals surface area contributed by atoms with E-state index in [0.717, 1.165) is 35.2 Å². The Bertz CT molecular complexity index is 1550.